The van der Waals surface area contributed by atoms with Gasteiger partial charge in [-0.15, -0.1) is 0 Å². The summed E-state index contributed by atoms with van der Waals surface area (Å²) in [7, 11) is 0. The minimum absolute atomic E-state index is 0.0761. The maximum atomic E-state index is 13.0. The van der Waals surface area contributed by atoms with Gasteiger partial charge in [0.05, 0.1) is 5.41 Å². The Morgan fingerprint density at radius 2 is 1.60 bits per heavy atom. The summed E-state index contributed by atoms with van der Waals surface area (Å²) in [6, 6.07) is 5.54. The number of halogens is 1. The standard InChI is InChI=1S/C18H24FN3O3/c19-15-3-1-14(2-4-15)16(23)21-7-9-22(10-8-21)17(24)18(13-20)5-11-25-12-6-18/h1-4H,5-13,20H2. The van der Waals surface area contributed by atoms with E-state index in [1.165, 1.54) is 24.3 Å². The van der Waals surface area contributed by atoms with E-state index in [0.29, 0.717) is 64.3 Å². The molecule has 2 heterocycles. The van der Waals surface area contributed by atoms with Crippen molar-refractivity contribution in [3.8, 4) is 0 Å². The van der Waals surface area contributed by atoms with Gasteiger partial charge in [0.15, 0.2) is 0 Å². The molecule has 6 nitrogen and oxygen atoms in total. The molecular formula is C18H24FN3O3. The van der Waals surface area contributed by atoms with Crippen LogP contribution in [-0.2, 0) is 9.53 Å². The van der Waals surface area contributed by atoms with Gasteiger partial charge in [0.25, 0.3) is 5.91 Å². The lowest BCUT2D eigenvalue weighted by Gasteiger charge is -2.42. The molecule has 2 aliphatic heterocycles. The first-order valence-corrected chi connectivity index (χ1v) is 8.68. The van der Waals surface area contributed by atoms with E-state index in [1.54, 1.807) is 4.90 Å². The lowest BCUT2D eigenvalue weighted by molar-refractivity contribution is -0.148. The lowest BCUT2D eigenvalue weighted by Crippen LogP contribution is -2.57. The van der Waals surface area contributed by atoms with Crippen LogP contribution in [0.4, 0.5) is 4.39 Å². The van der Waals surface area contributed by atoms with Crippen LogP contribution >= 0.6 is 0 Å². The molecule has 0 radical (unpaired) electrons. The first-order chi connectivity index (χ1) is 12.1. The van der Waals surface area contributed by atoms with Crippen LogP contribution in [0.15, 0.2) is 24.3 Å². The second-order valence-corrected chi connectivity index (χ2v) is 6.69. The van der Waals surface area contributed by atoms with Crippen molar-refractivity contribution in [3.05, 3.63) is 35.6 Å². The summed E-state index contributed by atoms with van der Waals surface area (Å²) in [6.45, 7) is 3.38. The molecule has 0 bridgehead atoms. The first-order valence-electron chi connectivity index (χ1n) is 8.68. The number of piperazine rings is 1. The van der Waals surface area contributed by atoms with Gasteiger partial charge in [-0.05, 0) is 37.1 Å². The van der Waals surface area contributed by atoms with Crippen molar-refractivity contribution in [2.24, 2.45) is 11.1 Å². The van der Waals surface area contributed by atoms with Gasteiger partial charge in [-0.1, -0.05) is 0 Å². The average Bonchev–Trinajstić information content (AvgIpc) is 2.68. The van der Waals surface area contributed by atoms with Gasteiger partial charge in [0.2, 0.25) is 5.91 Å². The highest BCUT2D eigenvalue weighted by atomic mass is 19.1. The largest absolute Gasteiger partial charge is 0.381 e. The third-order valence-corrected chi connectivity index (χ3v) is 5.24. The zero-order valence-electron chi connectivity index (χ0n) is 14.2. The monoisotopic (exact) mass is 349 g/mol. The minimum atomic E-state index is -0.526. The van der Waals surface area contributed by atoms with Gasteiger partial charge in [0, 0.05) is 51.5 Å². The number of amides is 2. The van der Waals surface area contributed by atoms with Crippen LogP contribution in [0.1, 0.15) is 23.2 Å². The minimum Gasteiger partial charge on any atom is -0.381 e. The van der Waals surface area contributed by atoms with E-state index in [1.807, 2.05) is 4.90 Å². The average molecular weight is 349 g/mol. The van der Waals surface area contributed by atoms with Crippen LogP contribution in [0.3, 0.4) is 0 Å². The maximum absolute atomic E-state index is 13.0. The molecule has 2 amide bonds. The number of hydrogen-bond donors (Lipinski definition) is 1. The molecule has 2 N–H and O–H groups in total. The highest BCUT2D eigenvalue weighted by molar-refractivity contribution is 5.94. The predicted octanol–water partition coefficient (Wildman–Crippen LogP) is 0.866. The van der Waals surface area contributed by atoms with E-state index in [-0.39, 0.29) is 17.6 Å². The molecule has 7 heteroatoms. The molecule has 0 aliphatic carbocycles. The van der Waals surface area contributed by atoms with E-state index < -0.39 is 5.41 Å². The summed E-state index contributed by atoms with van der Waals surface area (Å²) >= 11 is 0. The fourth-order valence-corrected chi connectivity index (χ4v) is 3.49. The molecule has 2 fully saturated rings. The number of carbonyl (C=O) groups excluding carboxylic acids is 2. The second kappa shape index (κ2) is 7.49. The number of nitrogens with zero attached hydrogens (tertiary/aromatic N) is 2. The molecule has 2 aliphatic rings. The summed E-state index contributed by atoms with van der Waals surface area (Å²) < 4.78 is 18.4. The Balaban J connectivity index is 1.60. The van der Waals surface area contributed by atoms with Gasteiger partial charge in [0.1, 0.15) is 5.82 Å². The van der Waals surface area contributed by atoms with Crippen LogP contribution in [-0.4, -0.2) is 67.6 Å². The van der Waals surface area contributed by atoms with Crippen LogP contribution in [0.5, 0.6) is 0 Å². The van der Waals surface area contributed by atoms with Crippen molar-refractivity contribution in [2.75, 3.05) is 45.9 Å². The zero-order valence-corrected chi connectivity index (χ0v) is 14.2. The Labute approximate surface area is 146 Å². The zero-order chi connectivity index (χ0) is 17.9. The van der Waals surface area contributed by atoms with Gasteiger partial charge >= 0.3 is 0 Å². The van der Waals surface area contributed by atoms with Crippen molar-refractivity contribution >= 4 is 11.8 Å². The summed E-state index contributed by atoms with van der Waals surface area (Å²) in [6.07, 6.45) is 1.30. The summed E-state index contributed by atoms with van der Waals surface area (Å²) in [4.78, 5) is 28.9. The van der Waals surface area contributed by atoms with Crippen LogP contribution in [0.2, 0.25) is 0 Å². The number of benzene rings is 1. The van der Waals surface area contributed by atoms with Gasteiger partial charge in [-0.3, -0.25) is 9.59 Å². The normalized spacial score (nSPS) is 20.4. The quantitative estimate of drug-likeness (QED) is 0.878. The molecule has 3 rings (SSSR count). The number of nitrogens with two attached hydrogens (primary N) is 1. The van der Waals surface area contributed by atoms with E-state index >= 15 is 0 Å². The lowest BCUT2D eigenvalue weighted by atomic mass is 9.78. The molecule has 1 aromatic carbocycles. The molecule has 136 valence electrons. The van der Waals surface area contributed by atoms with Gasteiger partial charge in [-0.25, -0.2) is 4.39 Å². The molecule has 2 saturated heterocycles. The Bertz CT molecular complexity index is 621. The van der Waals surface area contributed by atoms with Crippen molar-refractivity contribution in [1.29, 1.82) is 0 Å². The van der Waals surface area contributed by atoms with Crippen molar-refractivity contribution in [3.63, 3.8) is 0 Å². The molecule has 1 aromatic rings. The number of ether oxygens (including phenoxy) is 1. The number of rotatable bonds is 3. The summed E-state index contributed by atoms with van der Waals surface area (Å²) in [5, 5.41) is 0. The topological polar surface area (TPSA) is 75.9 Å². The first kappa shape index (κ1) is 17.8. The Hall–Kier alpha value is -1.99. The second-order valence-electron chi connectivity index (χ2n) is 6.69. The van der Waals surface area contributed by atoms with E-state index in [0.717, 1.165) is 0 Å². The van der Waals surface area contributed by atoms with Gasteiger partial charge in [-0.2, -0.15) is 0 Å². The molecule has 0 spiro atoms. The summed E-state index contributed by atoms with van der Waals surface area (Å²) in [5.41, 5.74) is 5.85. The van der Waals surface area contributed by atoms with E-state index in [2.05, 4.69) is 0 Å². The van der Waals surface area contributed by atoms with Crippen LogP contribution in [0, 0.1) is 11.2 Å². The Morgan fingerprint density at radius 1 is 1.04 bits per heavy atom. The SMILES string of the molecule is NCC1(C(=O)N2CCN(C(=O)c3ccc(F)cc3)CC2)CCOCC1. The Kier molecular flexibility index (Phi) is 5.34. The molecule has 0 atom stereocenters. The van der Waals surface area contributed by atoms with Gasteiger partial charge < -0.3 is 20.3 Å². The van der Waals surface area contributed by atoms with Crippen LogP contribution < -0.4 is 5.73 Å². The van der Waals surface area contributed by atoms with Crippen molar-refractivity contribution in [2.45, 2.75) is 12.8 Å². The fourth-order valence-electron chi connectivity index (χ4n) is 3.49. The highest BCUT2D eigenvalue weighted by Gasteiger charge is 2.42. The van der Waals surface area contributed by atoms with Crippen molar-refractivity contribution < 1.29 is 18.7 Å². The smallest absolute Gasteiger partial charge is 0.253 e. The summed E-state index contributed by atoms with van der Waals surface area (Å²) in [5.74, 6) is -0.422. The third kappa shape index (κ3) is 3.67. The highest BCUT2D eigenvalue weighted by Crippen LogP contribution is 2.32. The predicted molar refractivity (Wildman–Crippen MR) is 90.4 cm³/mol. The van der Waals surface area contributed by atoms with Crippen molar-refractivity contribution in [1.82, 2.24) is 9.80 Å². The Morgan fingerprint density at radius 3 is 2.16 bits per heavy atom. The molecule has 25 heavy (non-hydrogen) atoms. The van der Waals surface area contributed by atoms with E-state index in [4.69, 9.17) is 10.5 Å². The van der Waals surface area contributed by atoms with Crippen LogP contribution in [0.25, 0.3) is 0 Å². The number of hydrogen-bond acceptors (Lipinski definition) is 4. The molecule has 0 saturated carbocycles. The molecular weight excluding hydrogens is 325 g/mol. The third-order valence-electron chi connectivity index (χ3n) is 5.24. The molecule has 0 aromatic heterocycles. The number of carbonyl (C=O) groups is 2. The fraction of sp³-hybridized carbons (Fsp3) is 0.556. The van der Waals surface area contributed by atoms with E-state index in [9.17, 15) is 14.0 Å². The molecule has 0 unspecified atom stereocenters. The maximum Gasteiger partial charge on any atom is 0.253 e.